The highest BCUT2D eigenvalue weighted by Gasteiger charge is 2.63. The molecule has 8 rings (SSSR count). The molecule has 9 heteroatoms. The average molecular weight is 541 g/mol. The Hall–Kier alpha value is -1.32. The topological polar surface area (TPSA) is 91.3 Å². The number of carbonyl (C=O) groups is 2. The monoisotopic (exact) mass is 540 g/mol. The third-order valence-electron chi connectivity index (χ3n) is 10.9. The number of rotatable bonds is 10. The zero-order valence-corrected chi connectivity index (χ0v) is 22.6. The summed E-state index contributed by atoms with van der Waals surface area (Å²) in [5.74, 6) is -3.46. The van der Waals surface area contributed by atoms with Gasteiger partial charge in [0, 0.05) is 13.3 Å². The fourth-order valence-electron chi connectivity index (χ4n) is 10.3. The van der Waals surface area contributed by atoms with E-state index < -0.39 is 23.1 Å². The predicted octanol–water partition coefficient (Wildman–Crippen LogP) is 4.57. The molecule has 7 nitrogen and oxygen atoms in total. The molecule has 4 atom stereocenters. The Bertz CT molecular complexity index is 931. The SMILES string of the molecule is CCC1(OCCOC(=O)C(C)(F)F)C2CC3CC1CC(OCC(=O)OC14CC5CC(CC(O)(C5)C1)C4)(C3)C2. The van der Waals surface area contributed by atoms with Gasteiger partial charge in [0.15, 0.2) is 0 Å². The molecule has 0 aliphatic heterocycles. The van der Waals surface area contributed by atoms with Crippen LogP contribution in [0.25, 0.3) is 0 Å². The molecule has 0 aromatic heterocycles. The van der Waals surface area contributed by atoms with E-state index in [9.17, 15) is 23.5 Å². The summed E-state index contributed by atoms with van der Waals surface area (Å²) in [5, 5.41) is 11.0. The summed E-state index contributed by atoms with van der Waals surface area (Å²) in [6, 6.07) is 0. The molecule has 4 unspecified atom stereocenters. The molecule has 0 saturated heterocycles. The molecule has 8 saturated carbocycles. The van der Waals surface area contributed by atoms with Crippen LogP contribution in [0.5, 0.6) is 0 Å². The first-order chi connectivity index (χ1) is 17.9. The highest BCUT2D eigenvalue weighted by Crippen LogP contribution is 2.63. The van der Waals surface area contributed by atoms with Gasteiger partial charge in [0.2, 0.25) is 0 Å². The van der Waals surface area contributed by atoms with Crippen molar-refractivity contribution < 1.29 is 42.4 Å². The van der Waals surface area contributed by atoms with Crippen LogP contribution in [-0.4, -0.2) is 65.2 Å². The van der Waals surface area contributed by atoms with E-state index in [-0.39, 0.29) is 48.8 Å². The van der Waals surface area contributed by atoms with Crippen molar-refractivity contribution in [3.05, 3.63) is 0 Å². The summed E-state index contributed by atoms with van der Waals surface area (Å²) in [6.07, 6.45) is 10.4. The Labute approximate surface area is 223 Å². The van der Waals surface area contributed by atoms with Gasteiger partial charge in [0.25, 0.3) is 0 Å². The standard InChI is InChI=1S/C29H42F2O7/c1-3-29(36-5-4-35-24(33)25(2,30)31)21-7-18-8-22(29)15-27(11-18,14-21)37-16-23(32)38-28-12-19-6-20(13-28)10-26(34,9-19)17-28/h18-22,34H,3-17H2,1-2H3. The molecule has 0 amide bonds. The molecule has 1 N–H and O–H groups in total. The van der Waals surface area contributed by atoms with Crippen molar-refractivity contribution in [2.45, 2.75) is 119 Å². The van der Waals surface area contributed by atoms with E-state index >= 15 is 0 Å². The van der Waals surface area contributed by atoms with Gasteiger partial charge in [-0.3, -0.25) is 0 Å². The Morgan fingerprint density at radius 3 is 2.08 bits per heavy atom. The Balaban J connectivity index is 1.05. The molecular formula is C29H42F2O7. The molecule has 38 heavy (non-hydrogen) atoms. The maximum atomic E-state index is 13.1. The fourth-order valence-corrected chi connectivity index (χ4v) is 10.3. The quantitative estimate of drug-likeness (QED) is 0.321. The van der Waals surface area contributed by atoms with E-state index in [2.05, 4.69) is 6.92 Å². The summed E-state index contributed by atoms with van der Waals surface area (Å²) < 4.78 is 49.8. The van der Waals surface area contributed by atoms with Crippen LogP contribution in [0.2, 0.25) is 0 Å². The van der Waals surface area contributed by atoms with Crippen LogP contribution in [0.1, 0.15) is 90.9 Å². The largest absolute Gasteiger partial charge is 0.459 e. The van der Waals surface area contributed by atoms with Crippen LogP contribution in [0.15, 0.2) is 0 Å². The van der Waals surface area contributed by atoms with E-state index in [1.807, 2.05) is 0 Å². The second-order valence-corrected chi connectivity index (χ2v) is 13.8. The number of carbonyl (C=O) groups excluding carboxylic acids is 2. The number of aliphatic hydroxyl groups is 1. The molecule has 0 radical (unpaired) electrons. The van der Waals surface area contributed by atoms with Gasteiger partial charge in [-0.2, -0.15) is 8.78 Å². The zero-order chi connectivity index (χ0) is 27.0. The first-order valence-electron chi connectivity index (χ1n) is 14.6. The summed E-state index contributed by atoms with van der Waals surface area (Å²) in [6.45, 7) is 2.45. The van der Waals surface area contributed by atoms with Crippen LogP contribution >= 0.6 is 0 Å². The zero-order valence-electron chi connectivity index (χ0n) is 22.6. The molecule has 0 aromatic carbocycles. The Morgan fingerprint density at radius 2 is 1.50 bits per heavy atom. The van der Waals surface area contributed by atoms with Gasteiger partial charge >= 0.3 is 17.9 Å². The lowest BCUT2D eigenvalue weighted by Gasteiger charge is -2.64. The molecule has 8 fully saturated rings. The molecular weight excluding hydrogens is 498 g/mol. The van der Waals surface area contributed by atoms with Gasteiger partial charge < -0.3 is 24.1 Å². The summed E-state index contributed by atoms with van der Waals surface area (Å²) >= 11 is 0. The molecule has 8 bridgehead atoms. The van der Waals surface area contributed by atoms with E-state index in [1.165, 1.54) is 0 Å². The number of hydrogen-bond donors (Lipinski definition) is 1. The summed E-state index contributed by atoms with van der Waals surface area (Å²) in [4.78, 5) is 24.5. The van der Waals surface area contributed by atoms with Gasteiger partial charge in [-0.1, -0.05) is 6.92 Å². The van der Waals surface area contributed by atoms with Crippen LogP contribution in [0, 0.1) is 29.6 Å². The number of halogens is 2. The first kappa shape index (κ1) is 26.9. The van der Waals surface area contributed by atoms with E-state index in [0.29, 0.717) is 31.1 Å². The minimum atomic E-state index is -3.51. The van der Waals surface area contributed by atoms with E-state index in [0.717, 1.165) is 70.6 Å². The van der Waals surface area contributed by atoms with Crippen LogP contribution in [0.3, 0.4) is 0 Å². The van der Waals surface area contributed by atoms with Crippen molar-refractivity contribution in [2.75, 3.05) is 19.8 Å². The number of esters is 2. The number of alkyl halides is 2. The van der Waals surface area contributed by atoms with Crippen molar-refractivity contribution in [2.24, 2.45) is 29.6 Å². The van der Waals surface area contributed by atoms with Gasteiger partial charge in [-0.15, -0.1) is 0 Å². The first-order valence-corrected chi connectivity index (χ1v) is 14.6. The molecule has 0 heterocycles. The van der Waals surface area contributed by atoms with E-state index in [1.54, 1.807) is 0 Å². The summed E-state index contributed by atoms with van der Waals surface area (Å²) in [5.41, 5.74) is -1.96. The van der Waals surface area contributed by atoms with Gasteiger partial charge in [-0.05, 0) is 100 Å². The summed E-state index contributed by atoms with van der Waals surface area (Å²) in [7, 11) is 0. The van der Waals surface area contributed by atoms with Crippen LogP contribution in [-0.2, 0) is 28.5 Å². The van der Waals surface area contributed by atoms with Gasteiger partial charge in [0.1, 0.15) is 18.8 Å². The number of ether oxygens (including phenoxy) is 4. The smallest absolute Gasteiger partial charge is 0.376 e. The molecule has 0 aromatic rings. The highest BCUT2D eigenvalue weighted by atomic mass is 19.3. The highest BCUT2D eigenvalue weighted by molar-refractivity contribution is 5.76. The maximum Gasteiger partial charge on any atom is 0.376 e. The minimum absolute atomic E-state index is 0.0666. The molecule has 214 valence electrons. The third kappa shape index (κ3) is 4.68. The predicted molar refractivity (Wildman–Crippen MR) is 131 cm³/mol. The van der Waals surface area contributed by atoms with Crippen molar-refractivity contribution in [1.82, 2.24) is 0 Å². The Morgan fingerprint density at radius 1 is 0.868 bits per heavy atom. The average Bonchev–Trinajstić information content (AvgIpc) is 2.79. The second-order valence-electron chi connectivity index (χ2n) is 13.8. The minimum Gasteiger partial charge on any atom is -0.459 e. The lowest BCUT2D eigenvalue weighted by Crippen LogP contribution is -2.65. The fraction of sp³-hybridized carbons (Fsp3) is 0.931. The van der Waals surface area contributed by atoms with Crippen molar-refractivity contribution in [3.8, 4) is 0 Å². The molecule has 8 aliphatic rings. The third-order valence-corrected chi connectivity index (χ3v) is 10.9. The van der Waals surface area contributed by atoms with Crippen molar-refractivity contribution in [1.29, 1.82) is 0 Å². The van der Waals surface area contributed by atoms with Crippen LogP contribution in [0.4, 0.5) is 8.78 Å². The lowest BCUT2D eigenvalue weighted by atomic mass is 9.47. The maximum absolute atomic E-state index is 13.1. The normalized spacial score (nSPS) is 46.4. The number of hydrogen-bond acceptors (Lipinski definition) is 7. The van der Waals surface area contributed by atoms with Gasteiger partial charge in [0.05, 0.1) is 23.4 Å². The molecule has 0 spiro atoms. The second kappa shape index (κ2) is 9.10. The molecule has 8 aliphatic carbocycles. The Kier molecular flexibility index (Phi) is 6.44. The van der Waals surface area contributed by atoms with Crippen molar-refractivity contribution in [3.63, 3.8) is 0 Å². The lowest BCUT2D eigenvalue weighted by molar-refractivity contribution is -0.265. The van der Waals surface area contributed by atoms with E-state index in [4.69, 9.17) is 18.9 Å². The van der Waals surface area contributed by atoms with Crippen LogP contribution < -0.4 is 0 Å². The van der Waals surface area contributed by atoms with Crippen molar-refractivity contribution >= 4 is 11.9 Å². The van der Waals surface area contributed by atoms with Gasteiger partial charge in [-0.25, -0.2) is 9.59 Å².